The molecule has 1 aromatic heterocycles. The van der Waals surface area contributed by atoms with Crippen LogP contribution in [0.2, 0.25) is 0 Å². The third-order valence-electron chi connectivity index (χ3n) is 4.05. The predicted octanol–water partition coefficient (Wildman–Crippen LogP) is 3.47. The second kappa shape index (κ2) is 5.21. The van der Waals surface area contributed by atoms with Crippen molar-refractivity contribution in [2.45, 2.75) is 6.92 Å². The Hall–Kier alpha value is -2.66. The fraction of sp³-hybridized carbons (Fsp3) is 0.222. The molecule has 23 heavy (non-hydrogen) atoms. The minimum Gasteiger partial charge on any atom is -0.436 e. The molecule has 0 spiro atoms. The van der Waals surface area contributed by atoms with Crippen LogP contribution in [-0.2, 0) is 9.53 Å². The molecule has 116 valence electrons. The lowest BCUT2D eigenvalue weighted by Crippen LogP contribution is -2.49. The Kier molecular flexibility index (Phi) is 3.16. The van der Waals surface area contributed by atoms with E-state index in [1.54, 1.807) is 0 Å². The van der Waals surface area contributed by atoms with E-state index in [1.165, 1.54) is 0 Å². The van der Waals surface area contributed by atoms with E-state index in [2.05, 4.69) is 10.3 Å². The summed E-state index contributed by atoms with van der Waals surface area (Å²) in [4.78, 5) is 16.8. The highest BCUT2D eigenvalue weighted by Crippen LogP contribution is 2.30. The average molecular weight is 308 g/mol. The molecule has 1 saturated heterocycles. The molecule has 0 bridgehead atoms. The molecule has 0 saturated carbocycles. The standard InChI is InChI=1S/C18H16N2O3/c1-18(10-22-11-18)17(21)19-13-6-4-5-12(9-13)16-20-14-7-2-3-8-15(14)23-16/h2-9H,10-11H2,1H3,(H,19,21). The lowest BCUT2D eigenvalue weighted by Gasteiger charge is -2.36. The normalized spacial score (nSPS) is 16.0. The van der Waals surface area contributed by atoms with Gasteiger partial charge in [0.1, 0.15) is 5.52 Å². The van der Waals surface area contributed by atoms with E-state index < -0.39 is 5.41 Å². The van der Waals surface area contributed by atoms with Gasteiger partial charge in [-0.3, -0.25) is 4.79 Å². The molecule has 0 atom stereocenters. The molecule has 0 aliphatic carbocycles. The van der Waals surface area contributed by atoms with E-state index in [0.717, 1.165) is 22.4 Å². The van der Waals surface area contributed by atoms with Crippen LogP contribution in [-0.4, -0.2) is 24.1 Å². The Bertz CT molecular complexity index is 848. The number of aromatic nitrogens is 1. The Morgan fingerprint density at radius 2 is 2.00 bits per heavy atom. The molecule has 2 aromatic carbocycles. The summed E-state index contributed by atoms with van der Waals surface area (Å²) in [6.07, 6.45) is 0. The first-order valence-corrected chi connectivity index (χ1v) is 7.49. The molecule has 1 aliphatic rings. The molecule has 0 radical (unpaired) electrons. The maximum absolute atomic E-state index is 12.3. The highest BCUT2D eigenvalue weighted by atomic mass is 16.5. The number of nitrogens with one attached hydrogen (secondary N) is 1. The molecule has 1 N–H and O–H groups in total. The molecule has 4 rings (SSSR count). The Balaban J connectivity index is 1.62. The van der Waals surface area contributed by atoms with E-state index in [9.17, 15) is 4.79 Å². The number of hydrogen-bond acceptors (Lipinski definition) is 4. The SMILES string of the molecule is CC1(C(=O)Nc2cccc(-c3nc4ccccc4o3)c2)COC1. The summed E-state index contributed by atoms with van der Waals surface area (Å²) < 4.78 is 10.9. The van der Waals surface area contributed by atoms with Crippen molar-refractivity contribution >= 4 is 22.7 Å². The minimum absolute atomic E-state index is 0.0292. The van der Waals surface area contributed by atoms with Gasteiger partial charge in [-0.2, -0.15) is 0 Å². The lowest BCUT2D eigenvalue weighted by molar-refractivity contribution is -0.151. The number of carbonyl (C=O) groups is 1. The topological polar surface area (TPSA) is 64.4 Å². The first-order chi connectivity index (χ1) is 11.1. The van der Waals surface area contributed by atoms with Gasteiger partial charge in [0.15, 0.2) is 5.58 Å². The van der Waals surface area contributed by atoms with Gasteiger partial charge in [-0.25, -0.2) is 4.98 Å². The summed E-state index contributed by atoms with van der Waals surface area (Å²) in [5.41, 5.74) is 2.68. The Labute approximate surface area is 133 Å². The van der Waals surface area contributed by atoms with Crippen LogP contribution >= 0.6 is 0 Å². The molecule has 5 heteroatoms. The third kappa shape index (κ3) is 2.49. The number of benzene rings is 2. The van der Waals surface area contributed by atoms with Gasteiger partial charge in [0.25, 0.3) is 0 Å². The van der Waals surface area contributed by atoms with Gasteiger partial charge in [0.05, 0.1) is 18.6 Å². The van der Waals surface area contributed by atoms with Crippen LogP contribution in [0, 0.1) is 5.41 Å². The van der Waals surface area contributed by atoms with Crippen molar-refractivity contribution in [2.75, 3.05) is 18.5 Å². The fourth-order valence-electron chi connectivity index (χ4n) is 2.55. The summed E-state index contributed by atoms with van der Waals surface area (Å²) in [7, 11) is 0. The predicted molar refractivity (Wildman–Crippen MR) is 87.0 cm³/mol. The van der Waals surface area contributed by atoms with Gasteiger partial charge >= 0.3 is 0 Å². The summed E-state index contributed by atoms with van der Waals surface area (Å²) >= 11 is 0. The summed E-state index contributed by atoms with van der Waals surface area (Å²) in [5, 5.41) is 2.94. The number of para-hydroxylation sites is 2. The molecular weight excluding hydrogens is 292 g/mol. The van der Waals surface area contributed by atoms with E-state index >= 15 is 0 Å². The zero-order chi connectivity index (χ0) is 15.9. The number of amides is 1. The molecule has 1 aliphatic heterocycles. The lowest BCUT2D eigenvalue weighted by atomic mass is 9.87. The second-order valence-electron chi connectivity index (χ2n) is 6.08. The van der Waals surface area contributed by atoms with Crippen LogP contribution in [0.25, 0.3) is 22.6 Å². The highest BCUT2D eigenvalue weighted by Gasteiger charge is 2.41. The van der Waals surface area contributed by atoms with Crippen molar-refractivity contribution in [3.8, 4) is 11.5 Å². The number of carbonyl (C=O) groups excluding carboxylic acids is 1. The molecule has 1 fully saturated rings. The third-order valence-corrected chi connectivity index (χ3v) is 4.05. The fourth-order valence-corrected chi connectivity index (χ4v) is 2.55. The maximum Gasteiger partial charge on any atom is 0.234 e. The number of nitrogens with zero attached hydrogens (tertiary/aromatic N) is 1. The van der Waals surface area contributed by atoms with Crippen LogP contribution in [0.3, 0.4) is 0 Å². The summed E-state index contributed by atoms with van der Waals surface area (Å²) in [6, 6.07) is 15.1. The number of oxazole rings is 1. The maximum atomic E-state index is 12.3. The van der Waals surface area contributed by atoms with E-state index in [4.69, 9.17) is 9.15 Å². The number of anilines is 1. The molecule has 2 heterocycles. The molecule has 3 aromatic rings. The Morgan fingerprint density at radius 1 is 1.17 bits per heavy atom. The van der Waals surface area contributed by atoms with Crippen molar-refractivity contribution in [3.05, 3.63) is 48.5 Å². The van der Waals surface area contributed by atoms with Crippen LogP contribution in [0.5, 0.6) is 0 Å². The largest absolute Gasteiger partial charge is 0.436 e. The number of ether oxygens (including phenoxy) is 1. The average Bonchev–Trinajstić information content (AvgIpc) is 2.97. The zero-order valence-corrected chi connectivity index (χ0v) is 12.7. The molecular formula is C18H16N2O3. The summed E-state index contributed by atoms with van der Waals surface area (Å²) in [6.45, 7) is 2.82. The van der Waals surface area contributed by atoms with E-state index in [1.807, 2.05) is 55.5 Å². The van der Waals surface area contributed by atoms with Gasteiger partial charge in [-0.1, -0.05) is 18.2 Å². The van der Waals surface area contributed by atoms with Crippen molar-refractivity contribution < 1.29 is 13.9 Å². The zero-order valence-electron chi connectivity index (χ0n) is 12.7. The Morgan fingerprint density at radius 3 is 2.74 bits per heavy atom. The van der Waals surface area contributed by atoms with Crippen LogP contribution in [0.1, 0.15) is 6.92 Å². The monoisotopic (exact) mass is 308 g/mol. The first kappa shape index (κ1) is 14.0. The minimum atomic E-state index is -0.437. The van der Waals surface area contributed by atoms with Gasteiger partial charge in [0, 0.05) is 11.3 Å². The van der Waals surface area contributed by atoms with Crippen molar-refractivity contribution in [2.24, 2.45) is 5.41 Å². The summed E-state index contributed by atoms with van der Waals surface area (Å²) in [5.74, 6) is 0.513. The molecule has 1 amide bonds. The van der Waals surface area contributed by atoms with Crippen molar-refractivity contribution in [1.29, 1.82) is 0 Å². The quantitative estimate of drug-likeness (QED) is 0.804. The van der Waals surface area contributed by atoms with E-state index in [-0.39, 0.29) is 5.91 Å². The van der Waals surface area contributed by atoms with Crippen molar-refractivity contribution in [1.82, 2.24) is 4.98 Å². The van der Waals surface area contributed by atoms with Gasteiger partial charge in [0.2, 0.25) is 11.8 Å². The van der Waals surface area contributed by atoms with E-state index in [0.29, 0.717) is 19.1 Å². The van der Waals surface area contributed by atoms with Crippen LogP contribution in [0.15, 0.2) is 52.9 Å². The second-order valence-corrected chi connectivity index (χ2v) is 6.08. The van der Waals surface area contributed by atoms with Gasteiger partial charge in [-0.15, -0.1) is 0 Å². The number of hydrogen-bond donors (Lipinski definition) is 1. The van der Waals surface area contributed by atoms with Gasteiger partial charge < -0.3 is 14.5 Å². The van der Waals surface area contributed by atoms with Gasteiger partial charge in [-0.05, 0) is 37.3 Å². The highest BCUT2D eigenvalue weighted by molar-refractivity contribution is 5.96. The smallest absolute Gasteiger partial charge is 0.234 e. The first-order valence-electron chi connectivity index (χ1n) is 7.49. The van der Waals surface area contributed by atoms with Crippen LogP contribution < -0.4 is 5.32 Å². The number of rotatable bonds is 3. The van der Waals surface area contributed by atoms with Crippen LogP contribution in [0.4, 0.5) is 5.69 Å². The van der Waals surface area contributed by atoms with Crippen molar-refractivity contribution in [3.63, 3.8) is 0 Å². The molecule has 0 unspecified atom stereocenters. The number of fused-ring (bicyclic) bond motifs is 1. The molecule has 5 nitrogen and oxygen atoms in total.